The van der Waals surface area contributed by atoms with E-state index in [-0.39, 0.29) is 15.9 Å². The predicted octanol–water partition coefficient (Wildman–Crippen LogP) is 3.22. The SMILES string of the molecule is Cc1nnc(SCC2=C(C(=O)O)N3C(=O)[C@H](NC(=O)[C@H](C)n4nc(C(F)(F)F)c(Br)c4C)[C@@H]3SC2)s1. The molecular weight excluding hydrogens is 609 g/mol. The van der Waals surface area contributed by atoms with Gasteiger partial charge in [-0.15, -0.1) is 22.0 Å². The van der Waals surface area contributed by atoms with Crippen molar-refractivity contribution in [2.24, 2.45) is 0 Å². The topological polar surface area (TPSA) is 130 Å². The molecule has 36 heavy (non-hydrogen) atoms. The molecule has 2 aliphatic heterocycles. The maximum absolute atomic E-state index is 13.2. The van der Waals surface area contributed by atoms with Crippen molar-refractivity contribution in [1.29, 1.82) is 0 Å². The average Bonchev–Trinajstić information content (AvgIpc) is 3.36. The molecule has 0 saturated carbocycles. The zero-order valence-electron chi connectivity index (χ0n) is 18.8. The quantitative estimate of drug-likeness (QED) is 0.351. The minimum Gasteiger partial charge on any atom is -0.477 e. The lowest BCUT2D eigenvalue weighted by molar-refractivity contribution is -0.151. The van der Waals surface area contributed by atoms with Crippen LogP contribution in [0, 0.1) is 13.8 Å². The Hall–Kier alpha value is -2.11. The highest BCUT2D eigenvalue weighted by atomic mass is 79.9. The van der Waals surface area contributed by atoms with Crippen LogP contribution in [0.2, 0.25) is 0 Å². The largest absolute Gasteiger partial charge is 0.477 e. The third-order valence-corrected chi connectivity index (χ3v) is 9.86. The molecule has 17 heteroatoms. The Morgan fingerprint density at radius 1 is 1.33 bits per heavy atom. The summed E-state index contributed by atoms with van der Waals surface area (Å²) in [5, 5.41) is 23.9. The van der Waals surface area contributed by atoms with Crippen LogP contribution in [0.4, 0.5) is 13.2 Å². The monoisotopic (exact) mass is 626 g/mol. The number of carboxylic acid groups (broad SMARTS) is 1. The summed E-state index contributed by atoms with van der Waals surface area (Å²) in [6, 6.07) is -2.16. The average molecular weight is 627 g/mol. The number of carbonyl (C=O) groups excluding carboxylic acids is 2. The first-order valence-corrected chi connectivity index (χ1v) is 13.9. The number of nitrogens with one attached hydrogen (secondary N) is 1. The van der Waals surface area contributed by atoms with Crippen LogP contribution in [-0.2, 0) is 20.6 Å². The van der Waals surface area contributed by atoms with Gasteiger partial charge in [0.25, 0.3) is 5.91 Å². The number of rotatable bonds is 7. The summed E-state index contributed by atoms with van der Waals surface area (Å²) < 4.78 is 40.9. The molecule has 2 aromatic heterocycles. The molecule has 2 amide bonds. The van der Waals surface area contributed by atoms with Crippen molar-refractivity contribution < 1.29 is 32.7 Å². The molecule has 0 spiro atoms. The number of nitrogens with zero attached hydrogens (tertiary/aromatic N) is 5. The van der Waals surface area contributed by atoms with Crippen molar-refractivity contribution in [3.8, 4) is 0 Å². The number of hydrogen-bond acceptors (Lipinski definition) is 9. The van der Waals surface area contributed by atoms with Crippen LogP contribution in [0.3, 0.4) is 0 Å². The van der Waals surface area contributed by atoms with E-state index in [9.17, 15) is 32.7 Å². The van der Waals surface area contributed by atoms with Crippen molar-refractivity contribution in [3.05, 3.63) is 32.1 Å². The van der Waals surface area contributed by atoms with E-state index in [1.165, 1.54) is 48.7 Å². The molecule has 0 radical (unpaired) electrons. The van der Waals surface area contributed by atoms with Crippen molar-refractivity contribution >= 4 is 68.6 Å². The van der Waals surface area contributed by atoms with Gasteiger partial charge in [-0.25, -0.2) is 4.79 Å². The Labute approximate surface area is 223 Å². The van der Waals surface area contributed by atoms with E-state index in [1.807, 2.05) is 0 Å². The highest BCUT2D eigenvalue weighted by Gasteiger charge is 2.54. The second-order valence-corrected chi connectivity index (χ2v) is 12.2. The third-order valence-electron chi connectivity index (χ3n) is 5.52. The molecule has 2 aliphatic rings. The van der Waals surface area contributed by atoms with Crippen molar-refractivity contribution in [2.45, 2.75) is 48.7 Å². The normalized spacial score (nSPS) is 20.8. The molecule has 10 nitrogen and oxygen atoms in total. The number of aliphatic carboxylic acids is 1. The van der Waals surface area contributed by atoms with E-state index >= 15 is 0 Å². The van der Waals surface area contributed by atoms with Crippen molar-refractivity contribution in [1.82, 2.24) is 30.2 Å². The van der Waals surface area contributed by atoms with E-state index < -0.39 is 47.1 Å². The summed E-state index contributed by atoms with van der Waals surface area (Å²) in [6.07, 6.45) is -4.71. The fourth-order valence-electron chi connectivity index (χ4n) is 3.72. The molecule has 0 bridgehead atoms. The van der Waals surface area contributed by atoms with Gasteiger partial charge in [-0.2, -0.15) is 18.3 Å². The van der Waals surface area contributed by atoms with Crippen LogP contribution in [0.25, 0.3) is 0 Å². The Kier molecular flexibility index (Phi) is 7.47. The number of aryl methyl sites for hydroxylation is 1. The van der Waals surface area contributed by atoms with Gasteiger partial charge in [0, 0.05) is 11.5 Å². The van der Waals surface area contributed by atoms with Gasteiger partial charge in [-0.05, 0) is 42.3 Å². The lowest BCUT2D eigenvalue weighted by atomic mass is 10.0. The molecule has 0 aromatic carbocycles. The van der Waals surface area contributed by atoms with Crippen LogP contribution in [0.1, 0.15) is 29.4 Å². The molecule has 1 saturated heterocycles. The maximum Gasteiger partial charge on any atom is 0.436 e. The van der Waals surface area contributed by atoms with E-state index in [1.54, 1.807) is 6.92 Å². The highest BCUT2D eigenvalue weighted by molar-refractivity contribution is 9.10. The van der Waals surface area contributed by atoms with Gasteiger partial charge in [0.15, 0.2) is 10.0 Å². The van der Waals surface area contributed by atoms with Gasteiger partial charge in [-0.1, -0.05) is 23.1 Å². The number of aromatic nitrogens is 4. The lowest BCUT2D eigenvalue weighted by Gasteiger charge is -2.49. The Bertz CT molecular complexity index is 1280. The van der Waals surface area contributed by atoms with Gasteiger partial charge >= 0.3 is 12.1 Å². The molecule has 4 rings (SSSR count). The van der Waals surface area contributed by atoms with Crippen LogP contribution < -0.4 is 5.32 Å². The Morgan fingerprint density at radius 2 is 2.03 bits per heavy atom. The van der Waals surface area contributed by atoms with Gasteiger partial charge in [0.05, 0.1) is 10.2 Å². The van der Waals surface area contributed by atoms with Gasteiger partial charge in [0.2, 0.25) is 5.91 Å². The molecule has 2 N–H and O–H groups in total. The predicted molar refractivity (Wildman–Crippen MR) is 129 cm³/mol. The zero-order valence-corrected chi connectivity index (χ0v) is 22.8. The number of hydrogen-bond donors (Lipinski definition) is 2. The second kappa shape index (κ2) is 9.98. The maximum atomic E-state index is 13.2. The van der Waals surface area contributed by atoms with Crippen LogP contribution in [0.5, 0.6) is 0 Å². The molecule has 2 aromatic rings. The van der Waals surface area contributed by atoms with E-state index in [4.69, 9.17) is 0 Å². The Balaban J connectivity index is 1.47. The number of carboxylic acids is 1. The lowest BCUT2D eigenvalue weighted by Crippen LogP contribution is -2.71. The number of alkyl halides is 3. The minimum absolute atomic E-state index is 0.0995. The van der Waals surface area contributed by atoms with Crippen molar-refractivity contribution in [2.75, 3.05) is 11.5 Å². The zero-order chi connectivity index (χ0) is 26.5. The highest BCUT2D eigenvalue weighted by Crippen LogP contribution is 2.42. The number of amides is 2. The molecular formula is C19H18BrF3N6O4S3. The van der Waals surface area contributed by atoms with Gasteiger partial charge in [0.1, 0.15) is 28.2 Å². The second-order valence-electron chi connectivity index (χ2n) is 7.90. The third kappa shape index (κ3) is 4.89. The van der Waals surface area contributed by atoms with E-state index in [0.29, 0.717) is 21.4 Å². The molecule has 1 fully saturated rings. The number of β-lactam (4-membered cyclic amide) rings is 1. The summed E-state index contributed by atoms with van der Waals surface area (Å²) >= 11 is 6.88. The molecule has 4 heterocycles. The van der Waals surface area contributed by atoms with E-state index in [2.05, 4.69) is 36.5 Å². The van der Waals surface area contributed by atoms with Crippen LogP contribution in [-0.4, -0.2) is 70.7 Å². The first-order chi connectivity index (χ1) is 16.8. The summed E-state index contributed by atoms with van der Waals surface area (Å²) in [4.78, 5) is 38.9. The van der Waals surface area contributed by atoms with Gasteiger partial charge in [-0.3, -0.25) is 19.2 Å². The summed E-state index contributed by atoms with van der Waals surface area (Å²) in [6.45, 7) is 4.56. The van der Waals surface area contributed by atoms with Crippen molar-refractivity contribution in [3.63, 3.8) is 0 Å². The fraction of sp³-hybridized carbons (Fsp3) is 0.474. The number of halogens is 4. The summed E-state index contributed by atoms with van der Waals surface area (Å²) in [7, 11) is 0. The van der Waals surface area contributed by atoms with Crippen LogP contribution >= 0.6 is 50.8 Å². The fourth-order valence-corrected chi connectivity index (χ4v) is 7.51. The molecule has 0 aliphatic carbocycles. The van der Waals surface area contributed by atoms with Crippen LogP contribution in [0.15, 0.2) is 20.1 Å². The summed E-state index contributed by atoms with van der Waals surface area (Å²) in [5.41, 5.74) is -0.636. The smallest absolute Gasteiger partial charge is 0.436 e. The molecule has 194 valence electrons. The molecule has 0 unspecified atom stereocenters. The van der Waals surface area contributed by atoms with Gasteiger partial charge < -0.3 is 10.4 Å². The van der Waals surface area contributed by atoms with E-state index in [0.717, 1.165) is 14.6 Å². The number of fused-ring (bicyclic) bond motifs is 1. The first-order valence-electron chi connectivity index (χ1n) is 10.3. The standard InChI is InChI=1S/C19H18BrF3N6O4S3/c1-6-10(20)13(19(21,22)23)27-29(6)7(2)14(30)24-11-15(31)28-12(17(32)33)9(4-34-16(11)28)5-35-18-26-25-8(3)36-18/h7,11,16H,4-5H2,1-3H3,(H,24,30)(H,32,33)/t7-,11-,16-/m0/s1. The summed E-state index contributed by atoms with van der Waals surface area (Å²) in [5.74, 6) is -1.94. The Morgan fingerprint density at radius 3 is 2.58 bits per heavy atom. The number of thioether (sulfide) groups is 2. The first kappa shape index (κ1) is 26.9. The number of carbonyl (C=O) groups is 3. The minimum atomic E-state index is -4.71. The molecule has 3 atom stereocenters.